The molecule has 0 aliphatic heterocycles. The van der Waals surface area contributed by atoms with Crippen molar-refractivity contribution >= 4 is 26.5 Å². The molecular formula is C22H21N3O2S. The molecule has 0 saturated carbocycles. The molecule has 0 amide bonds. The van der Waals surface area contributed by atoms with Gasteiger partial charge in [-0.25, -0.2) is 8.42 Å². The van der Waals surface area contributed by atoms with Crippen LogP contribution in [0.4, 0.5) is 5.69 Å². The molecule has 1 heterocycles. The summed E-state index contributed by atoms with van der Waals surface area (Å²) < 4.78 is 29.7. The number of sulfonamides is 1. The molecule has 0 aliphatic carbocycles. The van der Waals surface area contributed by atoms with Crippen LogP contribution in [0.3, 0.4) is 0 Å². The lowest BCUT2D eigenvalue weighted by molar-refractivity contribution is 0.601. The number of anilines is 1. The third kappa shape index (κ3) is 3.64. The number of aryl methyl sites for hydroxylation is 2. The van der Waals surface area contributed by atoms with Crippen LogP contribution in [0.25, 0.3) is 10.8 Å². The van der Waals surface area contributed by atoms with Gasteiger partial charge in [0.25, 0.3) is 10.0 Å². The van der Waals surface area contributed by atoms with Gasteiger partial charge in [0.2, 0.25) is 0 Å². The molecule has 0 radical (unpaired) electrons. The summed E-state index contributed by atoms with van der Waals surface area (Å²) in [6.07, 6.45) is 3.24. The Balaban J connectivity index is 1.56. The van der Waals surface area contributed by atoms with Crippen molar-refractivity contribution in [3.63, 3.8) is 0 Å². The molecule has 0 atom stereocenters. The number of benzene rings is 3. The molecule has 1 N–H and O–H groups in total. The normalized spacial score (nSPS) is 11.6. The first kappa shape index (κ1) is 18.3. The lowest BCUT2D eigenvalue weighted by Gasteiger charge is -2.08. The molecule has 28 heavy (non-hydrogen) atoms. The Morgan fingerprint density at radius 1 is 0.964 bits per heavy atom. The molecule has 0 aliphatic rings. The summed E-state index contributed by atoms with van der Waals surface area (Å²) in [4.78, 5) is 0.248. The lowest BCUT2D eigenvalue weighted by Crippen LogP contribution is -2.13. The zero-order valence-corrected chi connectivity index (χ0v) is 16.6. The molecule has 0 saturated heterocycles. The van der Waals surface area contributed by atoms with Gasteiger partial charge in [-0.1, -0.05) is 48.5 Å². The Morgan fingerprint density at radius 3 is 2.57 bits per heavy atom. The van der Waals surface area contributed by atoms with E-state index in [4.69, 9.17) is 0 Å². The van der Waals surface area contributed by atoms with Gasteiger partial charge in [0.05, 0.1) is 23.3 Å². The summed E-state index contributed by atoms with van der Waals surface area (Å²) in [6.45, 7) is 4.42. The number of rotatable bonds is 5. The van der Waals surface area contributed by atoms with Gasteiger partial charge in [0.1, 0.15) is 0 Å². The monoisotopic (exact) mass is 391 g/mol. The lowest BCUT2D eigenvalue weighted by atomic mass is 10.0. The molecule has 4 aromatic rings. The van der Waals surface area contributed by atoms with E-state index in [2.05, 4.69) is 34.1 Å². The molecule has 0 spiro atoms. The van der Waals surface area contributed by atoms with Crippen LogP contribution >= 0.6 is 0 Å². The molecule has 142 valence electrons. The minimum absolute atomic E-state index is 0.248. The van der Waals surface area contributed by atoms with Crippen molar-refractivity contribution in [3.8, 4) is 0 Å². The van der Waals surface area contributed by atoms with Crippen molar-refractivity contribution in [2.24, 2.45) is 0 Å². The third-order valence-electron chi connectivity index (χ3n) is 4.89. The fourth-order valence-electron chi connectivity index (χ4n) is 3.20. The second-order valence-corrected chi connectivity index (χ2v) is 8.60. The highest BCUT2D eigenvalue weighted by molar-refractivity contribution is 7.92. The van der Waals surface area contributed by atoms with Crippen molar-refractivity contribution in [1.29, 1.82) is 0 Å². The zero-order chi connectivity index (χ0) is 19.7. The minimum atomic E-state index is -3.65. The summed E-state index contributed by atoms with van der Waals surface area (Å²) in [5.74, 6) is 0. The van der Waals surface area contributed by atoms with Crippen LogP contribution < -0.4 is 4.72 Å². The standard InChI is InChI=1S/C22H21N3O2S/c1-16-10-11-21(12-17(16)2)28(26,27)24-20-13-23-25(15-20)14-19-8-5-7-18-6-3-4-9-22(18)19/h3-13,15,24H,14H2,1-2H3. The van der Waals surface area contributed by atoms with Gasteiger partial charge in [-0.05, 0) is 53.4 Å². The number of hydrogen-bond donors (Lipinski definition) is 1. The number of hydrogen-bond acceptors (Lipinski definition) is 3. The van der Waals surface area contributed by atoms with Gasteiger partial charge in [-0.15, -0.1) is 0 Å². The molecule has 6 heteroatoms. The van der Waals surface area contributed by atoms with Crippen LogP contribution in [0.15, 0.2) is 78.0 Å². The number of aromatic nitrogens is 2. The van der Waals surface area contributed by atoms with Crippen LogP contribution in [-0.4, -0.2) is 18.2 Å². The Kier molecular flexibility index (Phi) is 4.65. The van der Waals surface area contributed by atoms with E-state index in [1.54, 1.807) is 23.0 Å². The van der Waals surface area contributed by atoms with Crippen molar-refractivity contribution in [2.45, 2.75) is 25.3 Å². The minimum Gasteiger partial charge on any atom is -0.276 e. The Morgan fingerprint density at radius 2 is 1.75 bits per heavy atom. The predicted octanol–water partition coefficient (Wildman–Crippen LogP) is 4.50. The van der Waals surface area contributed by atoms with Gasteiger partial charge in [0, 0.05) is 6.20 Å². The third-order valence-corrected chi connectivity index (χ3v) is 6.27. The molecule has 3 aromatic carbocycles. The fraction of sp³-hybridized carbons (Fsp3) is 0.136. The summed E-state index contributed by atoms with van der Waals surface area (Å²) in [5.41, 5.74) is 3.57. The molecule has 0 unspecified atom stereocenters. The summed E-state index contributed by atoms with van der Waals surface area (Å²) in [5, 5.41) is 6.65. The van der Waals surface area contributed by atoms with Crippen molar-refractivity contribution in [1.82, 2.24) is 9.78 Å². The number of nitrogens with zero attached hydrogens (tertiary/aromatic N) is 2. The summed E-state index contributed by atoms with van der Waals surface area (Å²) >= 11 is 0. The largest absolute Gasteiger partial charge is 0.276 e. The van der Waals surface area contributed by atoms with Gasteiger partial charge in [-0.3, -0.25) is 9.40 Å². The molecule has 0 bridgehead atoms. The average Bonchev–Trinajstić information content (AvgIpc) is 3.10. The summed E-state index contributed by atoms with van der Waals surface area (Å²) in [7, 11) is -3.65. The maximum absolute atomic E-state index is 12.7. The Hall–Kier alpha value is -3.12. The van der Waals surface area contributed by atoms with Gasteiger partial charge in [0.15, 0.2) is 0 Å². The van der Waals surface area contributed by atoms with E-state index in [0.717, 1.165) is 22.1 Å². The topological polar surface area (TPSA) is 64.0 Å². The molecule has 1 aromatic heterocycles. The Labute approximate surface area is 164 Å². The number of nitrogens with one attached hydrogen (secondary N) is 1. The first-order chi connectivity index (χ1) is 13.4. The van der Waals surface area contributed by atoms with Crippen LogP contribution in [-0.2, 0) is 16.6 Å². The highest BCUT2D eigenvalue weighted by Gasteiger charge is 2.16. The quantitative estimate of drug-likeness (QED) is 0.545. The molecular weight excluding hydrogens is 370 g/mol. The van der Waals surface area contributed by atoms with Crippen molar-refractivity contribution < 1.29 is 8.42 Å². The maximum atomic E-state index is 12.7. The van der Waals surface area contributed by atoms with Gasteiger partial charge >= 0.3 is 0 Å². The second-order valence-electron chi connectivity index (χ2n) is 6.92. The molecule has 5 nitrogen and oxygen atoms in total. The van der Waals surface area contributed by atoms with Crippen molar-refractivity contribution in [3.05, 3.63) is 89.7 Å². The summed E-state index contributed by atoms with van der Waals surface area (Å²) in [6, 6.07) is 19.4. The van der Waals surface area contributed by atoms with E-state index in [-0.39, 0.29) is 4.90 Å². The van der Waals surface area contributed by atoms with Crippen LogP contribution in [0.1, 0.15) is 16.7 Å². The smallest absolute Gasteiger partial charge is 0.262 e. The van der Waals surface area contributed by atoms with E-state index in [0.29, 0.717) is 12.2 Å². The fourth-order valence-corrected chi connectivity index (χ4v) is 4.32. The zero-order valence-electron chi connectivity index (χ0n) is 15.8. The predicted molar refractivity (Wildman–Crippen MR) is 112 cm³/mol. The highest BCUT2D eigenvalue weighted by Crippen LogP contribution is 2.21. The van der Waals surface area contributed by atoms with E-state index < -0.39 is 10.0 Å². The SMILES string of the molecule is Cc1ccc(S(=O)(=O)Nc2cnn(Cc3cccc4ccccc34)c2)cc1C. The van der Waals surface area contributed by atoms with Crippen LogP contribution in [0.5, 0.6) is 0 Å². The van der Waals surface area contributed by atoms with E-state index in [1.165, 1.54) is 11.6 Å². The van der Waals surface area contributed by atoms with E-state index in [1.807, 2.05) is 38.1 Å². The molecule has 0 fully saturated rings. The second kappa shape index (κ2) is 7.13. The van der Waals surface area contributed by atoms with Crippen LogP contribution in [0, 0.1) is 13.8 Å². The van der Waals surface area contributed by atoms with E-state index >= 15 is 0 Å². The highest BCUT2D eigenvalue weighted by atomic mass is 32.2. The Bertz CT molecular complexity index is 1250. The maximum Gasteiger partial charge on any atom is 0.262 e. The van der Waals surface area contributed by atoms with Gasteiger partial charge < -0.3 is 0 Å². The van der Waals surface area contributed by atoms with E-state index in [9.17, 15) is 8.42 Å². The molecule has 4 rings (SSSR count). The van der Waals surface area contributed by atoms with Crippen LogP contribution in [0.2, 0.25) is 0 Å². The first-order valence-corrected chi connectivity index (χ1v) is 10.5. The van der Waals surface area contributed by atoms with Gasteiger partial charge in [-0.2, -0.15) is 5.10 Å². The number of fused-ring (bicyclic) bond motifs is 1. The first-order valence-electron chi connectivity index (χ1n) is 9.01. The average molecular weight is 391 g/mol. The van der Waals surface area contributed by atoms with Crippen molar-refractivity contribution in [2.75, 3.05) is 4.72 Å².